The van der Waals surface area contributed by atoms with Gasteiger partial charge < -0.3 is 10.1 Å². The topological polar surface area (TPSA) is 34.1 Å². The van der Waals surface area contributed by atoms with Crippen molar-refractivity contribution in [3.05, 3.63) is 28.5 Å². The van der Waals surface area contributed by atoms with Gasteiger partial charge in [-0.1, -0.05) is 19.8 Å². The lowest BCUT2D eigenvalue weighted by molar-refractivity contribution is -0.0989. The standard InChI is InChI=1S/C17H27BrN2O/c1-4-21-17(9-5-6-13(2)11-17)16(19-3)10-15-8-7-14(18)12-20-15/h7-8,12-13,16,19H,4-6,9-11H2,1-3H3. The third-order valence-electron chi connectivity index (χ3n) is 4.61. The van der Waals surface area contributed by atoms with E-state index in [0.717, 1.165) is 42.0 Å². The largest absolute Gasteiger partial charge is 0.374 e. The second-order valence-electron chi connectivity index (χ2n) is 6.21. The van der Waals surface area contributed by atoms with Gasteiger partial charge in [-0.2, -0.15) is 0 Å². The maximum absolute atomic E-state index is 6.29. The van der Waals surface area contributed by atoms with Crippen LogP contribution in [-0.2, 0) is 11.2 Å². The van der Waals surface area contributed by atoms with Crippen molar-refractivity contribution in [3.63, 3.8) is 0 Å². The third kappa shape index (κ3) is 4.27. The van der Waals surface area contributed by atoms with Crippen molar-refractivity contribution in [2.24, 2.45) is 5.92 Å². The monoisotopic (exact) mass is 354 g/mol. The molecule has 21 heavy (non-hydrogen) atoms. The average molecular weight is 355 g/mol. The van der Waals surface area contributed by atoms with E-state index >= 15 is 0 Å². The zero-order valence-electron chi connectivity index (χ0n) is 13.4. The summed E-state index contributed by atoms with van der Waals surface area (Å²) in [7, 11) is 2.05. The lowest BCUT2D eigenvalue weighted by Crippen LogP contribution is -2.55. The molecule has 1 aliphatic rings. The summed E-state index contributed by atoms with van der Waals surface area (Å²) in [6.07, 6.45) is 7.65. The van der Waals surface area contributed by atoms with E-state index in [9.17, 15) is 0 Å². The number of hydrogen-bond acceptors (Lipinski definition) is 3. The highest BCUT2D eigenvalue weighted by Crippen LogP contribution is 2.38. The van der Waals surface area contributed by atoms with Gasteiger partial charge in [0.15, 0.2) is 0 Å². The van der Waals surface area contributed by atoms with Crippen LogP contribution in [0, 0.1) is 5.92 Å². The maximum Gasteiger partial charge on any atom is 0.0840 e. The number of hydrogen-bond donors (Lipinski definition) is 1. The van der Waals surface area contributed by atoms with Gasteiger partial charge >= 0.3 is 0 Å². The molecule has 118 valence electrons. The van der Waals surface area contributed by atoms with E-state index in [1.807, 2.05) is 13.2 Å². The van der Waals surface area contributed by atoms with Gasteiger partial charge in [-0.25, -0.2) is 0 Å². The molecular formula is C17H27BrN2O. The van der Waals surface area contributed by atoms with Crippen LogP contribution in [0.4, 0.5) is 0 Å². The first-order valence-electron chi connectivity index (χ1n) is 8.01. The molecule has 0 radical (unpaired) electrons. The van der Waals surface area contributed by atoms with E-state index in [2.05, 4.69) is 52.2 Å². The Kier molecular flexibility index (Phi) is 6.20. The molecule has 0 amide bonds. The second kappa shape index (κ2) is 7.70. The predicted molar refractivity (Wildman–Crippen MR) is 90.5 cm³/mol. The second-order valence-corrected chi connectivity index (χ2v) is 7.13. The van der Waals surface area contributed by atoms with E-state index in [-0.39, 0.29) is 5.60 Å². The van der Waals surface area contributed by atoms with Gasteiger partial charge in [0.05, 0.1) is 5.60 Å². The molecule has 0 aromatic carbocycles. The molecule has 1 aromatic rings. The highest BCUT2D eigenvalue weighted by Gasteiger charge is 2.42. The van der Waals surface area contributed by atoms with Gasteiger partial charge in [-0.05, 0) is 60.8 Å². The lowest BCUT2D eigenvalue weighted by Gasteiger charge is -2.45. The minimum Gasteiger partial charge on any atom is -0.374 e. The van der Waals surface area contributed by atoms with Gasteiger partial charge in [0.2, 0.25) is 0 Å². The van der Waals surface area contributed by atoms with Gasteiger partial charge in [0.1, 0.15) is 0 Å². The number of nitrogens with one attached hydrogen (secondary N) is 1. The van der Waals surface area contributed by atoms with Crippen LogP contribution in [0.15, 0.2) is 22.8 Å². The molecule has 3 nitrogen and oxygen atoms in total. The number of rotatable bonds is 6. The smallest absolute Gasteiger partial charge is 0.0840 e. The highest BCUT2D eigenvalue weighted by molar-refractivity contribution is 9.10. The Morgan fingerprint density at radius 1 is 1.52 bits per heavy atom. The first kappa shape index (κ1) is 16.9. The summed E-state index contributed by atoms with van der Waals surface area (Å²) in [5.41, 5.74) is 1.07. The van der Waals surface area contributed by atoms with Gasteiger partial charge in [-0.3, -0.25) is 4.98 Å². The maximum atomic E-state index is 6.29. The number of aromatic nitrogens is 1. The van der Waals surface area contributed by atoms with Gasteiger partial charge in [-0.15, -0.1) is 0 Å². The number of halogens is 1. The Morgan fingerprint density at radius 3 is 2.90 bits per heavy atom. The normalized spacial score (nSPS) is 27.5. The fraction of sp³-hybridized carbons (Fsp3) is 0.706. The molecule has 0 spiro atoms. The summed E-state index contributed by atoms with van der Waals surface area (Å²) in [5, 5.41) is 3.50. The molecule has 1 fully saturated rings. The Balaban J connectivity index is 2.17. The summed E-state index contributed by atoms with van der Waals surface area (Å²) in [6, 6.07) is 4.47. The Bertz CT molecular complexity index is 433. The number of nitrogens with zero attached hydrogens (tertiary/aromatic N) is 1. The van der Waals surface area contributed by atoms with Crippen LogP contribution in [0.25, 0.3) is 0 Å². The van der Waals surface area contributed by atoms with Crippen LogP contribution in [0.1, 0.15) is 45.2 Å². The molecule has 1 aromatic heterocycles. The van der Waals surface area contributed by atoms with E-state index < -0.39 is 0 Å². The summed E-state index contributed by atoms with van der Waals surface area (Å²) >= 11 is 3.45. The molecule has 4 heteroatoms. The number of likely N-dealkylation sites (N-methyl/N-ethyl adjacent to an activating group) is 1. The van der Waals surface area contributed by atoms with Crippen LogP contribution in [0.3, 0.4) is 0 Å². The van der Waals surface area contributed by atoms with Gasteiger partial charge in [0.25, 0.3) is 0 Å². The molecule has 3 unspecified atom stereocenters. The molecule has 2 rings (SSSR count). The average Bonchev–Trinajstić information content (AvgIpc) is 2.47. The predicted octanol–water partition coefficient (Wildman–Crippen LogP) is 3.96. The fourth-order valence-corrected chi connectivity index (χ4v) is 3.90. The van der Waals surface area contributed by atoms with E-state index in [1.54, 1.807) is 0 Å². The minimum absolute atomic E-state index is 0.0457. The van der Waals surface area contributed by atoms with Crippen molar-refractivity contribution >= 4 is 15.9 Å². The molecular weight excluding hydrogens is 328 g/mol. The van der Waals surface area contributed by atoms with Crippen LogP contribution in [0.5, 0.6) is 0 Å². The SMILES string of the molecule is CCOC1(C(Cc2ccc(Br)cn2)NC)CCCC(C)C1. The molecule has 1 N–H and O–H groups in total. The summed E-state index contributed by atoms with van der Waals surface area (Å²) in [6.45, 7) is 5.22. The molecule has 0 aliphatic heterocycles. The number of pyridine rings is 1. The van der Waals surface area contributed by atoms with Crippen molar-refractivity contribution in [1.82, 2.24) is 10.3 Å². The van der Waals surface area contributed by atoms with Gasteiger partial charge in [0, 0.05) is 35.4 Å². The minimum atomic E-state index is -0.0457. The number of ether oxygens (including phenoxy) is 1. The zero-order valence-corrected chi connectivity index (χ0v) is 14.9. The molecule has 3 atom stereocenters. The van der Waals surface area contributed by atoms with Crippen LogP contribution in [-0.4, -0.2) is 30.3 Å². The molecule has 0 saturated heterocycles. The molecule has 1 heterocycles. The molecule has 1 aliphatic carbocycles. The van der Waals surface area contributed by atoms with Crippen molar-refractivity contribution in [1.29, 1.82) is 0 Å². The van der Waals surface area contributed by atoms with Crippen molar-refractivity contribution < 1.29 is 4.74 Å². The summed E-state index contributed by atoms with van der Waals surface area (Å²) in [4.78, 5) is 4.53. The molecule has 1 saturated carbocycles. The molecule has 0 bridgehead atoms. The van der Waals surface area contributed by atoms with Crippen LogP contribution < -0.4 is 5.32 Å². The summed E-state index contributed by atoms with van der Waals surface area (Å²) < 4.78 is 7.32. The van der Waals surface area contributed by atoms with Crippen LogP contribution in [0.2, 0.25) is 0 Å². The highest BCUT2D eigenvalue weighted by atomic mass is 79.9. The first-order chi connectivity index (χ1) is 10.1. The Hall–Kier alpha value is -0.450. The lowest BCUT2D eigenvalue weighted by atomic mass is 9.73. The van der Waals surface area contributed by atoms with E-state index in [4.69, 9.17) is 4.74 Å². The van der Waals surface area contributed by atoms with Crippen molar-refractivity contribution in [3.8, 4) is 0 Å². The Morgan fingerprint density at radius 2 is 2.33 bits per heavy atom. The Labute approximate surface area is 137 Å². The van der Waals surface area contributed by atoms with Crippen LogP contribution >= 0.6 is 15.9 Å². The fourth-order valence-electron chi connectivity index (χ4n) is 3.67. The van der Waals surface area contributed by atoms with E-state index in [1.165, 1.54) is 12.8 Å². The van der Waals surface area contributed by atoms with E-state index in [0.29, 0.717) is 6.04 Å². The quantitative estimate of drug-likeness (QED) is 0.839. The third-order valence-corrected chi connectivity index (χ3v) is 5.08. The first-order valence-corrected chi connectivity index (χ1v) is 8.80. The van der Waals surface area contributed by atoms with Crippen molar-refractivity contribution in [2.45, 2.75) is 57.6 Å². The zero-order chi connectivity index (χ0) is 15.3. The van der Waals surface area contributed by atoms with Crippen molar-refractivity contribution in [2.75, 3.05) is 13.7 Å². The summed E-state index contributed by atoms with van der Waals surface area (Å²) in [5.74, 6) is 0.735.